The highest BCUT2D eigenvalue weighted by molar-refractivity contribution is 5.82. The van der Waals surface area contributed by atoms with Gasteiger partial charge in [0.2, 0.25) is 5.78 Å². The molecule has 0 saturated heterocycles. The molecule has 0 amide bonds. The summed E-state index contributed by atoms with van der Waals surface area (Å²) < 4.78 is 7.02. The van der Waals surface area contributed by atoms with E-state index in [0.717, 1.165) is 16.8 Å². The van der Waals surface area contributed by atoms with E-state index in [1.807, 2.05) is 46.9 Å². The molecule has 1 N–H and O–H groups in total. The van der Waals surface area contributed by atoms with Crippen LogP contribution in [0.5, 0.6) is 5.75 Å². The van der Waals surface area contributed by atoms with Gasteiger partial charge in [-0.3, -0.25) is 14.2 Å². The molecule has 0 unspecified atom stereocenters. The summed E-state index contributed by atoms with van der Waals surface area (Å²) in [6.07, 6.45) is 0. The number of benzene rings is 2. The zero-order valence-corrected chi connectivity index (χ0v) is 11.8. The summed E-state index contributed by atoms with van der Waals surface area (Å²) in [5, 5.41) is 8.89. The summed E-state index contributed by atoms with van der Waals surface area (Å²) in [5.41, 5.74) is 1.50. The Morgan fingerprint density at radius 3 is 2.59 bits per heavy atom. The number of nitrogens with zero attached hydrogens (tertiary/aromatic N) is 3. The summed E-state index contributed by atoms with van der Waals surface area (Å²) >= 11 is 0. The van der Waals surface area contributed by atoms with Crippen molar-refractivity contribution in [2.75, 3.05) is 7.11 Å². The number of hydrogen-bond donors (Lipinski definition) is 1. The van der Waals surface area contributed by atoms with Gasteiger partial charge in [-0.15, -0.1) is 10.2 Å². The van der Waals surface area contributed by atoms with Gasteiger partial charge in [-0.25, -0.2) is 0 Å². The molecule has 0 atom stereocenters. The van der Waals surface area contributed by atoms with Crippen LogP contribution in [0.4, 0.5) is 0 Å². The number of H-pyrrole nitrogens is 1. The maximum atomic E-state index is 12.1. The number of nitrogens with one attached hydrogen (secondary N) is 1. The van der Waals surface area contributed by atoms with Gasteiger partial charge in [0.05, 0.1) is 18.0 Å². The van der Waals surface area contributed by atoms with E-state index in [9.17, 15) is 4.79 Å². The standard InChI is InChI=1S/C16H12N4O2/c1-22-11-8-6-10(7-9-11)14-18-19-16-17-15(21)12-4-2-3-5-13(12)20(14)16/h2-9H,1H3,(H,17,19,21). The monoisotopic (exact) mass is 292 g/mol. The van der Waals surface area contributed by atoms with Gasteiger partial charge in [-0.2, -0.15) is 0 Å². The second-order valence-corrected chi connectivity index (χ2v) is 4.88. The van der Waals surface area contributed by atoms with Crippen molar-refractivity contribution in [2.24, 2.45) is 0 Å². The molecule has 22 heavy (non-hydrogen) atoms. The third-order valence-electron chi connectivity index (χ3n) is 3.63. The van der Waals surface area contributed by atoms with Gasteiger partial charge in [-0.1, -0.05) is 12.1 Å². The smallest absolute Gasteiger partial charge is 0.260 e. The molecule has 0 saturated carbocycles. The minimum absolute atomic E-state index is 0.170. The van der Waals surface area contributed by atoms with E-state index < -0.39 is 0 Å². The van der Waals surface area contributed by atoms with Crippen LogP contribution < -0.4 is 10.3 Å². The predicted molar refractivity (Wildman–Crippen MR) is 83.1 cm³/mol. The Balaban J connectivity index is 2.06. The lowest BCUT2D eigenvalue weighted by atomic mass is 10.2. The molecule has 6 heteroatoms. The van der Waals surface area contributed by atoms with Crippen molar-refractivity contribution in [1.82, 2.24) is 19.6 Å². The number of hydrogen-bond acceptors (Lipinski definition) is 4. The molecular formula is C16H12N4O2. The molecule has 6 nitrogen and oxygen atoms in total. The first-order valence-corrected chi connectivity index (χ1v) is 6.78. The van der Waals surface area contributed by atoms with Crippen LogP contribution in [0.15, 0.2) is 53.3 Å². The number of para-hydroxylation sites is 1. The SMILES string of the molecule is COc1ccc(-c2nnc3[nH]c(=O)c4ccccc4n23)cc1. The molecule has 0 fully saturated rings. The van der Waals surface area contributed by atoms with Crippen molar-refractivity contribution in [2.45, 2.75) is 0 Å². The molecule has 0 aliphatic heterocycles. The molecule has 4 rings (SSSR count). The van der Waals surface area contributed by atoms with E-state index >= 15 is 0 Å². The summed E-state index contributed by atoms with van der Waals surface area (Å²) in [4.78, 5) is 14.8. The minimum atomic E-state index is -0.170. The fourth-order valence-corrected chi connectivity index (χ4v) is 2.55. The van der Waals surface area contributed by atoms with Gasteiger partial charge in [0.25, 0.3) is 5.56 Å². The maximum absolute atomic E-state index is 12.1. The van der Waals surface area contributed by atoms with Crippen molar-refractivity contribution in [3.63, 3.8) is 0 Å². The van der Waals surface area contributed by atoms with Crippen molar-refractivity contribution in [3.05, 3.63) is 58.9 Å². The second-order valence-electron chi connectivity index (χ2n) is 4.88. The summed E-state index contributed by atoms with van der Waals surface area (Å²) in [7, 11) is 1.62. The van der Waals surface area contributed by atoms with Gasteiger partial charge in [0.15, 0.2) is 5.82 Å². The summed E-state index contributed by atoms with van der Waals surface area (Å²) in [6, 6.07) is 14.9. The second kappa shape index (κ2) is 4.70. The molecule has 0 aliphatic rings. The quantitative estimate of drug-likeness (QED) is 0.615. The number of fused-ring (bicyclic) bond motifs is 3. The third kappa shape index (κ3) is 1.77. The Hall–Kier alpha value is -3.15. The molecule has 4 aromatic rings. The summed E-state index contributed by atoms with van der Waals surface area (Å²) in [5.74, 6) is 1.87. The lowest BCUT2D eigenvalue weighted by Crippen LogP contribution is -2.10. The Morgan fingerprint density at radius 1 is 1.05 bits per heavy atom. The Bertz CT molecular complexity index is 1030. The van der Waals surface area contributed by atoms with E-state index in [1.165, 1.54) is 0 Å². The fraction of sp³-hybridized carbons (Fsp3) is 0.0625. The van der Waals surface area contributed by atoms with Crippen LogP contribution in [0.3, 0.4) is 0 Å². The normalized spacial score (nSPS) is 11.1. The maximum Gasteiger partial charge on any atom is 0.260 e. The molecule has 2 aromatic carbocycles. The van der Waals surface area contributed by atoms with Crippen LogP contribution in [-0.2, 0) is 0 Å². The van der Waals surface area contributed by atoms with Crippen LogP contribution in [0.2, 0.25) is 0 Å². The molecule has 0 aliphatic carbocycles. The lowest BCUT2D eigenvalue weighted by molar-refractivity contribution is 0.415. The lowest BCUT2D eigenvalue weighted by Gasteiger charge is -2.05. The Labute approximate surface area is 125 Å². The first-order valence-electron chi connectivity index (χ1n) is 6.78. The molecule has 0 bridgehead atoms. The van der Waals surface area contributed by atoms with E-state index in [2.05, 4.69) is 15.2 Å². The average molecular weight is 292 g/mol. The van der Waals surface area contributed by atoms with E-state index in [-0.39, 0.29) is 5.56 Å². The van der Waals surface area contributed by atoms with Crippen molar-refractivity contribution < 1.29 is 4.74 Å². The van der Waals surface area contributed by atoms with E-state index in [1.54, 1.807) is 13.2 Å². The highest BCUT2D eigenvalue weighted by Gasteiger charge is 2.13. The number of aromatic nitrogens is 4. The Morgan fingerprint density at radius 2 is 1.82 bits per heavy atom. The van der Waals surface area contributed by atoms with Gasteiger partial charge in [0.1, 0.15) is 5.75 Å². The first kappa shape index (κ1) is 12.6. The average Bonchev–Trinajstić information content (AvgIpc) is 2.99. The fourth-order valence-electron chi connectivity index (χ4n) is 2.55. The third-order valence-corrected chi connectivity index (χ3v) is 3.63. The Kier molecular flexibility index (Phi) is 2.69. The molecule has 2 aromatic heterocycles. The van der Waals surface area contributed by atoms with Crippen molar-refractivity contribution >= 4 is 16.7 Å². The highest BCUT2D eigenvalue weighted by atomic mass is 16.5. The van der Waals surface area contributed by atoms with E-state index in [0.29, 0.717) is 17.0 Å². The van der Waals surface area contributed by atoms with Crippen LogP contribution in [0, 0.1) is 0 Å². The molecule has 2 heterocycles. The molecule has 108 valence electrons. The van der Waals surface area contributed by atoms with Crippen molar-refractivity contribution in [3.8, 4) is 17.1 Å². The highest BCUT2D eigenvalue weighted by Crippen LogP contribution is 2.23. The van der Waals surface area contributed by atoms with Crippen LogP contribution >= 0.6 is 0 Å². The van der Waals surface area contributed by atoms with Gasteiger partial charge in [0, 0.05) is 5.56 Å². The minimum Gasteiger partial charge on any atom is -0.497 e. The van der Waals surface area contributed by atoms with Crippen LogP contribution in [-0.4, -0.2) is 26.7 Å². The van der Waals surface area contributed by atoms with Gasteiger partial charge in [-0.05, 0) is 36.4 Å². The largest absolute Gasteiger partial charge is 0.497 e. The zero-order chi connectivity index (χ0) is 15.1. The van der Waals surface area contributed by atoms with Crippen molar-refractivity contribution in [1.29, 1.82) is 0 Å². The van der Waals surface area contributed by atoms with Gasteiger partial charge >= 0.3 is 0 Å². The number of aromatic amines is 1. The van der Waals surface area contributed by atoms with Crippen LogP contribution in [0.25, 0.3) is 28.1 Å². The van der Waals surface area contributed by atoms with E-state index in [4.69, 9.17) is 4.74 Å². The number of ether oxygens (including phenoxy) is 1. The van der Waals surface area contributed by atoms with Crippen LogP contribution in [0.1, 0.15) is 0 Å². The predicted octanol–water partition coefficient (Wildman–Crippen LogP) is 2.25. The number of rotatable bonds is 2. The summed E-state index contributed by atoms with van der Waals surface area (Å²) in [6.45, 7) is 0. The molecule has 0 spiro atoms. The molecular weight excluding hydrogens is 280 g/mol. The van der Waals surface area contributed by atoms with Gasteiger partial charge < -0.3 is 4.74 Å². The zero-order valence-electron chi connectivity index (χ0n) is 11.8. The topological polar surface area (TPSA) is 72.3 Å². The number of methoxy groups -OCH3 is 1. The first-order chi connectivity index (χ1) is 10.8. The molecule has 0 radical (unpaired) electrons.